The van der Waals surface area contributed by atoms with Crippen molar-refractivity contribution in [3.63, 3.8) is 0 Å². The summed E-state index contributed by atoms with van der Waals surface area (Å²) in [6, 6.07) is 0. The predicted molar refractivity (Wildman–Crippen MR) is 110 cm³/mol. The Morgan fingerprint density at radius 2 is 1.68 bits per heavy atom. The van der Waals surface area contributed by atoms with Gasteiger partial charge in [-0.25, -0.2) is 0 Å². The number of nitrogens with one attached hydrogen (secondary N) is 1. The van der Waals surface area contributed by atoms with E-state index in [0.29, 0.717) is 32.1 Å². The van der Waals surface area contributed by atoms with E-state index >= 15 is 0 Å². The molecule has 0 heterocycles. The van der Waals surface area contributed by atoms with Gasteiger partial charge in [0.25, 0.3) is 0 Å². The summed E-state index contributed by atoms with van der Waals surface area (Å²) in [6.45, 7) is 10.0. The molecule has 1 rings (SSSR count). The van der Waals surface area contributed by atoms with Gasteiger partial charge in [0.1, 0.15) is 0 Å². The van der Waals surface area contributed by atoms with Gasteiger partial charge in [-0.15, -0.1) is 0 Å². The second-order valence-corrected chi connectivity index (χ2v) is 10.3. The van der Waals surface area contributed by atoms with Crippen LogP contribution < -0.4 is 11.1 Å². The van der Waals surface area contributed by atoms with Crippen LogP contribution in [0.2, 0.25) is 0 Å². The van der Waals surface area contributed by atoms with Crippen LogP contribution in [-0.4, -0.2) is 35.0 Å². The zero-order chi connectivity index (χ0) is 19.1. The molecule has 0 aliphatic heterocycles. The van der Waals surface area contributed by atoms with Crippen molar-refractivity contribution < 1.29 is 14.3 Å². The quantitative estimate of drug-likeness (QED) is 0.382. The second kappa shape index (κ2) is 10.1. The molecule has 6 heteroatoms. The lowest BCUT2D eigenvalue weighted by atomic mass is 9.68. The van der Waals surface area contributed by atoms with Gasteiger partial charge in [-0.05, 0) is 42.9 Å². The summed E-state index contributed by atoms with van der Waals surface area (Å²) in [5, 5.41) is 3.00. The number of rotatable bonds is 10. The van der Waals surface area contributed by atoms with Crippen molar-refractivity contribution in [3.05, 3.63) is 0 Å². The lowest BCUT2D eigenvalue weighted by Crippen LogP contribution is -2.46. The molecule has 0 aromatic heterocycles. The molecule has 0 radical (unpaired) electrons. The maximum atomic E-state index is 11.9. The van der Waals surface area contributed by atoms with Crippen LogP contribution in [0.1, 0.15) is 72.6 Å². The van der Waals surface area contributed by atoms with Gasteiger partial charge in [0.2, 0.25) is 11.8 Å². The fraction of sp³-hybridized carbons (Fsp3) is 0.895. The smallest absolute Gasteiger partial charge is 0.220 e. The monoisotopic (exact) mass is 466 g/mol. The summed E-state index contributed by atoms with van der Waals surface area (Å²) in [4.78, 5) is 22.7. The standard InChI is InChI=1S/C19H35IN2O3/c1-18(2,12-22-17(24)7-5-6-16(21)23)19(3,4)13-25-15-10-8-14(20)9-11-15/h14-15H,5-13H2,1-4H3,(H2,21,23)(H,22,24). The van der Waals surface area contributed by atoms with E-state index in [-0.39, 0.29) is 29.1 Å². The molecule has 0 saturated heterocycles. The number of hydrogen-bond donors (Lipinski definition) is 2. The minimum atomic E-state index is -0.358. The summed E-state index contributed by atoms with van der Waals surface area (Å²) < 4.78 is 7.01. The van der Waals surface area contributed by atoms with Crippen molar-refractivity contribution in [1.29, 1.82) is 0 Å². The number of halogens is 1. The molecular formula is C19H35IN2O3. The molecule has 1 fully saturated rings. The van der Waals surface area contributed by atoms with Gasteiger partial charge in [0, 0.05) is 23.3 Å². The van der Waals surface area contributed by atoms with E-state index in [1.165, 1.54) is 12.8 Å². The number of carbonyl (C=O) groups excluding carboxylic acids is 2. The fourth-order valence-corrected chi connectivity index (χ4v) is 3.50. The fourth-order valence-electron chi connectivity index (χ4n) is 2.78. The number of hydrogen-bond acceptors (Lipinski definition) is 3. The zero-order valence-corrected chi connectivity index (χ0v) is 18.4. The first-order chi connectivity index (χ1) is 11.5. The van der Waals surface area contributed by atoms with Gasteiger partial charge in [0.15, 0.2) is 0 Å². The lowest BCUT2D eigenvalue weighted by molar-refractivity contribution is -0.122. The Balaban J connectivity index is 2.38. The largest absolute Gasteiger partial charge is 0.378 e. The second-order valence-electron chi connectivity index (χ2n) is 8.55. The highest BCUT2D eigenvalue weighted by atomic mass is 127. The summed E-state index contributed by atoms with van der Waals surface area (Å²) in [5.74, 6) is -0.380. The third-order valence-corrected chi connectivity index (χ3v) is 6.92. The topological polar surface area (TPSA) is 81.4 Å². The SMILES string of the molecule is CC(C)(CNC(=O)CCCC(N)=O)C(C)(C)COC1CCC(I)CC1. The van der Waals surface area contributed by atoms with Crippen LogP contribution in [0.5, 0.6) is 0 Å². The minimum absolute atomic E-state index is 0.0218. The zero-order valence-electron chi connectivity index (χ0n) is 16.2. The molecule has 25 heavy (non-hydrogen) atoms. The molecule has 0 spiro atoms. The van der Waals surface area contributed by atoms with E-state index in [2.05, 4.69) is 55.6 Å². The van der Waals surface area contributed by atoms with Crippen LogP contribution in [0.15, 0.2) is 0 Å². The molecule has 5 nitrogen and oxygen atoms in total. The molecule has 1 saturated carbocycles. The van der Waals surface area contributed by atoms with Gasteiger partial charge in [-0.1, -0.05) is 50.3 Å². The molecule has 0 aromatic carbocycles. The first-order valence-electron chi connectivity index (χ1n) is 9.34. The molecule has 1 aliphatic rings. The minimum Gasteiger partial charge on any atom is -0.378 e. The Morgan fingerprint density at radius 1 is 1.08 bits per heavy atom. The molecule has 2 amide bonds. The Kier molecular flexibility index (Phi) is 9.15. The predicted octanol–water partition coefficient (Wildman–Crippen LogP) is 3.57. The molecule has 1 aliphatic carbocycles. The third-order valence-electron chi connectivity index (χ3n) is 5.67. The van der Waals surface area contributed by atoms with E-state index in [0.717, 1.165) is 16.8 Å². The highest BCUT2D eigenvalue weighted by Gasteiger charge is 2.38. The maximum Gasteiger partial charge on any atom is 0.220 e. The van der Waals surface area contributed by atoms with Crippen LogP contribution in [0.4, 0.5) is 0 Å². The molecule has 146 valence electrons. The van der Waals surface area contributed by atoms with E-state index in [1.807, 2.05) is 0 Å². The number of amides is 2. The normalized spacial score (nSPS) is 21.8. The Labute approximate surface area is 166 Å². The molecule has 0 unspecified atom stereocenters. The maximum absolute atomic E-state index is 11.9. The average molecular weight is 466 g/mol. The van der Waals surface area contributed by atoms with Crippen molar-refractivity contribution in [2.75, 3.05) is 13.2 Å². The van der Waals surface area contributed by atoms with E-state index in [4.69, 9.17) is 10.5 Å². The Morgan fingerprint density at radius 3 is 2.24 bits per heavy atom. The van der Waals surface area contributed by atoms with Crippen LogP contribution in [0.3, 0.4) is 0 Å². The molecular weight excluding hydrogens is 431 g/mol. The Hall–Kier alpha value is -0.370. The van der Waals surface area contributed by atoms with Gasteiger partial charge in [-0.2, -0.15) is 0 Å². The number of primary amides is 1. The van der Waals surface area contributed by atoms with E-state index in [9.17, 15) is 9.59 Å². The highest BCUT2D eigenvalue weighted by molar-refractivity contribution is 14.1. The van der Waals surface area contributed by atoms with Crippen molar-refractivity contribution >= 4 is 34.4 Å². The van der Waals surface area contributed by atoms with Crippen LogP contribution in [0, 0.1) is 10.8 Å². The summed E-state index contributed by atoms with van der Waals surface area (Å²) in [7, 11) is 0. The van der Waals surface area contributed by atoms with Gasteiger partial charge in [0.05, 0.1) is 12.7 Å². The van der Waals surface area contributed by atoms with E-state index in [1.54, 1.807) is 0 Å². The molecule has 3 N–H and O–H groups in total. The molecule has 0 atom stereocenters. The van der Waals surface area contributed by atoms with Gasteiger partial charge < -0.3 is 15.8 Å². The summed E-state index contributed by atoms with van der Waals surface area (Å²) >= 11 is 2.53. The van der Waals surface area contributed by atoms with Gasteiger partial charge >= 0.3 is 0 Å². The van der Waals surface area contributed by atoms with Gasteiger partial charge in [-0.3, -0.25) is 9.59 Å². The van der Waals surface area contributed by atoms with Crippen LogP contribution in [-0.2, 0) is 14.3 Å². The Bertz CT molecular complexity index is 444. The number of nitrogens with two attached hydrogens (primary N) is 1. The van der Waals surface area contributed by atoms with Crippen molar-refractivity contribution in [1.82, 2.24) is 5.32 Å². The van der Waals surface area contributed by atoms with Crippen LogP contribution >= 0.6 is 22.6 Å². The summed E-state index contributed by atoms with van der Waals surface area (Å²) in [5.41, 5.74) is 4.96. The lowest BCUT2D eigenvalue weighted by Gasteiger charge is -2.42. The van der Waals surface area contributed by atoms with Crippen molar-refractivity contribution in [2.24, 2.45) is 16.6 Å². The number of ether oxygens (including phenoxy) is 1. The first-order valence-corrected chi connectivity index (χ1v) is 10.6. The molecule has 0 bridgehead atoms. The number of carbonyl (C=O) groups is 2. The number of alkyl halides is 1. The highest BCUT2D eigenvalue weighted by Crippen LogP contribution is 2.39. The molecule has 0 aromatic rings. The third kappa shape index (κ3) is 8.24. The average Bonchev–Trinajstić information content (AvgIpc) is 2.52. The summed E-state index contributed by atoms with van der Waals surface area (Å²) in [6.07, 6.45) is 6.29. The first kappa shape index (κ1) is 22.7. The van der Waals surface area contributed by atoms with E-state index < -0.39 is 0 Å². The van der Waals surface area contributed by atoms with Crippen molar-refractivity contribution in [3.8, 4) is 0 Å². The van der Waals surface area contributed by atoms with Crippen LogP contribution in [0.25, 0.3) is 0 Å². The van der Waals surface area contributed by atoms with Crippen molar-refractivity contribution in [2.45, 2.75) is 82.7 Å².